The zero-order valence-corrected chi connectivity index (χ0v) is 14.2. The molecule has 1 aromatic carbocycles. The Labute approximate surface area is 133 Å². The summed E-state index contributed by atoms with van der Waals surface area (Å²) in [5.74, 6) is 1.56. The van der Waals surface area contributed by atoms with Crippen LogP contribution in [0.4, 0.5) is 0 Å². The summed E-state index contributed by atoms with van der Waals surface area (Å²) in [5, 5.41) is 6.89. The van der Waals surface area contributed by atoms with Crippen molar-refractivity contribution in [2.45, 2.75) is 44.7 Å². The first-order chi connectivity index (χ1) is 8.74. The summed E-state index contributed by atoms with van der Waals surface area (Å²) in [5.41, 5.74) is 1.42. The number of benzene rings is 1. The Balaban J connectivity index is 0.00000180. The predicted octanol–water partition coefficient (Wildman–Crippen LogP) is 3.12. The Bertz CT molecular complexity index is 405. The second-order valence-corrected chi connectivity index (χ2v) is 5.03. The summed E-state index contributed by atoms with van der Waals surface area (Å²) in [7, 11) is 1.83. The summed E-state index contributed by atoms with van der Waals surface area (Å²) in [6.45, 7) is 4.35. The highest BCUT2D eigenvalue weighted by Gasteiger charge is 2.38. The molecule has 0 saturated heterocycles. The van der Waals surface area contributed by atoms with Crippen LogP contribution < -0.4 is 10.6 Å². The molecule has 2 rings (SSSR count). The van der Waals surface area contributed by atoms with E-state index < -0.39 is 0 Å². The highest BCUT2D eigenvalue weighted by atomic mass is 127. The average Bonchev–Trinajstić information content (AvgIpc) is 3.18. The van der Waals surface area contributed by atoms with Gasteiger partial charge in [0.15, 0.2) is 5.96 Å². The van der Waals surface area contributed by atoms with E-state index >= 15 is 0 Å². The molecule has 1 aromatic rings. The topological polar surface area (TPSA) is 36.4 Å². The van der Waals surface area contributed by atoms with Crippen molar-refractivity contribution in [3.8, 4) is 0 Å². The van der Waals surface area contributed by atoms with E-state index in [1.165, 1.54) is 12.0 Å². The second kappa shape index (κ2) is 7.72. The maximum Gasteiger partial charge on any atom is 0.191 e. The molecule has 2 N–H and O–H groups in total. The number of rotatable bonds is 4. The van der Waals surface area contributed by atoms with E-state index in [4.69, 9.17) is 0 Å². The molecule has 106 valence electrons. The highest BCUT2D eigenvalue weighted by Crippen LogP contribution is 2.40. The first-order valence-corrected chi connectivity index (χ1v) is 6.79. The first kappa shape index (κ1) is 16.3. The zero-order chi connectivity index (χ0) is 13.0. The van der Waals surface area contributed by atoms with E-state index in [2.05, 4.69) is 59.8 Å². The minimum absolute atomic E-state index is 0. The predicted molar refractivity (Wildman–Crippen MR) is 92.4 cm³/mol. The summed E-state index contributed by atoms with van der Waals surface area (Å²) in [6, 6.07) is 11.7. The van der Waals surface area contributed by atoms with Crippen LogP contribution in [0.3, 0.4) is 0 Å². The Morgan fingerprint density at radius 3 is 2.63 bits per heavy atom. The molecule has 1 aliphatic rings. The van der Waals surface area contributed by atoms with Crippen LogP contribution in [-0.4, -0.2) is 25.1 Å². The summed E-state index contributed by atoms with van der Waals surface area (Å²) >= 11 is 0. The Hall–Kier alpha value is -0.780. The van der Waals surface area contributed by atoms with Crippen molar-refractivity contribution in [1.29, 1.82) is 0 Å². The molecule has 0 spiro atoms. The molecule has 0 heterocycles. The molecule has 0 aromatic heterocycles. The van der Waals surface area contributed by atoms with E-state index in [-0.39, 0.29) is 24.0 Å². The average molecular weight is 373 g/mol. The van der Waals surface area contributed by atoms with Gasteiger partial charge in [-0.3, -0.25) is 4.99 Å². The quantitative estimate of drug-likeness (QED) is 0.483. The zero-order valence-electron chi connectivity index (χ0n) is 11.9. The van der Waals surface area contributed by atoms with E-state index in [0.717, 1.165) is 12.4 Å². The van der Waals surface area contributed by atoms with E-state index in [9.17, 15) is 0 Å². The lowest BCUT2D eigenvalue weighted by Gasteiger charge is -2.16. The largest absolute Gasteiger partial charge is 0.354 e. The molecule has 19 heavy (non-hydrogen) atoms. The molecule has 1 saturated carbocycles. The lowest BCUT2D eigenvalue weighted by Crippen LogP contribution is -2.43. The van der Waals surface area contributed by atoms with Crippen molar-refractivity contribution in [3.05, 3.63) is 35.9 Å². The highest BCUT2D eigenvalue weighted by molar-refractivity contribution is 14.0. The van der Waals surface area contributed by atoms with Crippen LogP contribution in [0.5, 0.6) is 0 Å². The van der Waals surface area contributed by atoms with Crippen LogP contribution in [0.1, 0.15) is 38.2 Å². The lowest BCUT2D eigenvalue weighted by atomic mass is 10.1. The third-order valence-corrected chi connectivity index (χ3v) is 3.56. The van der Waals surface area contributed by atoms with E-state index in [0.29, 0.717) is 18.0 Å². The molecule has 0 aliphatic heterocycles. The van der Waals surface area contributed by atoms with E-state index in [1.54, 1.807) is 0 Å². The van der Waals surface area contributed by atoms with Crippen LogP contribution in [-0.2, 0) is 0 Å². The van der Waals surface area contributed by atoms with E-state index in [1.807, 2.05) is 7.05 Å². The van der Waals surface area contributed by atoms with Crippen molar-refractivity contribution in [3.63, 3.8) is 0 Å². The lowest BCUT2D eigenvalue weighted by molar-refractivity contribution is 0.622. The number of hydrogen-bond acceptors (Lipinski definition) is 1. The molecule has 3 nitrogen and oxygen atoms in total. The fourth-order valence-electron chi connectivity index (χ4n) is 2.10. The van der Waals surface area contributed by atoms with Crippen molar-refractivity contribution < 1.29 is 0 Å². The molecular weight excluding hydrogens is 349 g/mol. The fraction of sp³-hybridized carbons (Fsp3) is 0.533. The monoisotopic (exact) mass is 373 g/mol. The number of halogens is 1. The van der Waals surface area contributed by atoms with Crippen LogP contribution in [0, 0.1) is 0 Å². The van der Waals surface area contributed by atoms with Gasteiger partial charge in [0.1, 0.15) is 0 Å². The summed E-state index contributed by atoms with van der Waals surface area (Å²) in [4.78, 5) is 4.28. The van der Waals surface area contributed by atoms with Gasteiger partial charge in [-0.1, -0.05) is 37.3 Å². The molecular formula is C15H24IN3. The number of guanidine groups is 1. The first-order valence-electron chi connectivity index (χ1n) is 6.79. The Morgan fingerprint density at radius 2 is 2.05 bits per heavy atom. The molecule has 1 aliphatic carbocycles. The second-order valence-electron chi connectivity index (χ2n) is 5.03. The van der Waals surface area contributed by atoms with Crippen LogP contribution in [0.15, 0.2) is 35.3 Å². The van der Waals surface area contributed by atoms with Gasteiger partial charge in [-0.2, -0.15) is 0 Å². The minimum Gasteiger partial charge on any atom is -0.354 e. The molecule has 3 atom stereocenters. The molecule has 0 radical (unpaired) electrons. The molecule has 0 bridgehead atoms. The summed E-state index contributed by atoms with van der Waals surface area (Å²) < 4.78 is 0. The number of hydrogen-bond donors (Lipinski definition) is 2. The summed E-state index contributed by atoms with van der Waals surface area (Å²) in [6.07, 6.45) is 2.30. The van der Waals surface area contributed by atoms with Crippen molar-refractivity contribution in [2.24, 2.45) is 4.99 Å². The van der Waals surface area contributed by atoms with Gasteiger partial charge in [-0.05, 0) is 25.3 Å². The van der Waals surface area contributed by atoms with Crippen LogP contribution in [0.2, 0.25) is 0 Å². The van der Waals surface area contributed by atoms with Gasteiger partial charge in [0.25, 0.3) is 0 Å². The minimum atomic E-state index is 0. The Morgan fingerprint density at radius 1 is 1.37 bits per heavy atom. The van der Waals surface area contributed by atoms with Crippen molar-refractivity contribution >= 4 is 29.9 Å². The molecule has 1 fully saturated rings. The van der Waals surface area contributed by atoms with Crippen molar-refractivity contribution in [1.82, 2.24) is 10.6 Å². The van der Waals surface area contributed by atoms with Gasteiger partial charge < -0.3 is 10.6 Å². The maximum absolute atomic E-state index is 4.28. The van der Waals surface area contributed by atoms with Crippen LogP contribution >= 0.6 is 24.0 Å². The van der Waals surface area contributed by atoms with Gasteiger partial charge in [-0.25, -0.2) is 0 Å². The number of nitrogens with zero attached hydrogens (tertiary/aromatic N) is 1. The fourth-order valence-corrected chi connectivity index (χ4v) is 2.10. The SMILES string of the molecule is CCC(C)NC(=NC)NC1CC1c1ccccc1.I. The van der Waals surface area contributed by atoms with Crippen LogP contribution in [0.25, 0.3) is 0 Å². The van der Waals surface area contributed by atoms with Crippen molar-refractivity contribution in [2.75, 3.05) is 7.05 Å². The Kier molecular flexibility index (Phi) is 6.62. The van der Waals surface area contributed by atoms with Gasteiger partial charge in [0, 0.05) is 25.0 Å². The third kappa shape index (κ3) is 4.67. The maximum atomic E-state index is 4.28. The molecule has 0 amide bonds. The molecule has 4 heteroatoms. The van der Waals surface area contributed by atoms with Gasteiger partial charge in [0.05, 0.1) is 0 Å². The normalized spacial score (nSPS) is 23.2. The number of aliphatic imine (C=N–C) groups is 1. The smallest absolute Gasteiger partial charge is 0.191 e. The van der Waals surface area contributed by atoms with Gasteiger partial charge in [-0.15, -0.1) is 24.0 Å². The van der Waals surface area contributed by atoms with Gasteiger partial charge >= 0.3 is 0 Å². The van der Waals surface area contributed by atoms with Gasteiger partial charge in [0.2, 0.25) is 0 Å². The third-order valence-electron chi connectivity index (χ3n) is 3.56. The molecule has 3 unspecified atom stereocenters. The standard InChI is InChI=1S/C15H23N3.HI/c1-4-11(2)17-15(16-3)18-14-10-13(14)12-8-6-5-7-9-12;/h5-9,11,13-14H,4,10H2,1-3H3,(H2,16,17,18);1H. The number of nitrogens with one attached hydrogen (secondary N) is 2.